The van der Waals surface area contributed by atoms with E-state index in [-0.39, 0.29) is 11.4 Å². The normalized spacial score (nSPS) is 17.4. The van der Waals surface area contributed by atoms with Crippen LogP contribution in [0, 0.1) is 5.41 Å². The van der Waals surface area contributed by atoms with E-state index in [9.17, 15) is 4.79 Å². The van der Waals surface area contributed by atoms with Crippen molar-refractivity contribution in [3.63, 3.8) is 0 Å². The molecule has 0 amide bonds. The summed E-state index contributed by atoms with van der Waals surface area (Å²) in [4.78, 5) is 13.8. The third kappa shape index (κ3) is 5.36. The summed E-state index contributed by atoms with van der Waals surface area (Å²) < 4.78 is 4.70. The summed E-state index contributed by atoms with van der Waals surface area (Å²) in [5.41, 5.74) is 5.30. The topological polar surface area (TPSA) is 55.6 Å². The molecule has 0 radical (unpaired) electrons. The average molecular weight is 258 g/mol. The quantitative estimate of drug-likeness (QED) is 0.741. The summed E-state index contributed by atoms with van der Waals surface area (Å²) in [5.74, 6) is -0.339. The van der Waals surface area contributed by atoms with E-state index >= 15 is 0 Å². The van der Waals surface area contributed by atoms with Crippen LogP contribution in [0.25, 0.3) is 0 Å². The monoisotopic (exact) mass is 258 g/mol. The lowest BCUT2D eigenvalue weighted by molar-refractivity contribution is -0.146. The molecule has 2 atom stereocenters. The zero-order valence-corrected chi connectivity index (χ0v) is 13.0. The van der Waals surface area contributed by atoms with Crippen molar-refractivity contribution in [2.45, 2.75) is 59.0 Å². The van der Waals surface area contributed by atoms with Crippen LogP contribution in [0.4, 0.5) is 0 Å². The second-order valence-electron chi connectivity index (χ2n) is 6.54. The minimum Gasteiger partial charge on any atom is -0.468 e. The summed E-state index contributed by atoms with van der Waals surface area (Å²) in [5, 5.41) is 0. The van der Waals surface area contributed by atoms with Crippen LogP contribution in [0.2, 0.25) is 0 Å². The first-order valence-electron chi connectivity index (χ1n) is 6.60. The zero-order chi connectivity index (χ0) is 14.6. The molecule has 0 saturated heterocycles. The first-order valence-corrected chi connectivity index (χ1v) is 6.60. The van der Waals surface area contributed by atoms with Gasteiger partial charge in [-0.1, -0.05) is 20.8 Å². The molecule has 0 bridgehead atoms. The van der Waals surface area contributed by atoms with Gasteiger partial charge in [-0.2, -0.15) is 0 Å². The summed E-state index contributed by atoms with van der Waals surface area (Å²) in [6.07, 6.45) is 1.53. The lowest BCUT2D eigenvalue weighted by Gasteiger charge is -2.35. The molecular formula is C14H30N2O2. The van der Waals surface area contributed by atoms with Crippen LogP contribution >= 0.6 is 0 Å². The maximum absolute atomic E-state index is 11.4. The predicted octanol–water partition coefficient (Wildman–Crippen LogP) is 2.02. The van der Waals surface area contributed by atoms with E-state index in [0.717, 1.165) is 13.0 Å². The second-order valence-corrected chi connectivity index (χ2v) is 6.54. The number of hydrogen-bond donors (Lipinski definition) is 1. The molecule has 0 aromatic rings. The maximum Gasteiger partial charge on any atom is 0.325 e. The van der Waals surface area contributed by atoms with Crippen LogP contribution < -0.4 is 5.73 Å². The van der Waals surface area contributed by atoms with Gasteiger partial charge in [-0.25, -0.2) is 0 Å². The number of nitrogens with zero attached hydrogens (tertiary/aromatic N) is 1. The van der Waals surface area contributed by atoms with Gasteiger partial charge in [0.15, 0.2) is 0 Å². The highest BCUT2D eigenvalue weighted by Gasteiger charge is 2.29. The van der Waals surface area contributed by atoms with Crippen molar-refractivity contribution in [3.8, 4) is 0 Å². The lowest BCUT2D eigenvalue weighted by atomic mass is 9.87. The smallest absolute Gasteiger partial charge is 0.325 e. The highest BCUT2D eigenvalue weighted by Crippen LogP contribution is 2.23. The largest absolute Gasteiger partial charge is 0.468 e. The number of rotatable bonds is 6. The molecule has 0 fully saturated rings. The third-order valence-electron chi connectivity index (χ3n) is 3.77. The number of nitrogens with two attached hydrogens (primary N) is 1. The number of carbonyl (C=O) groups excluding carboxylic acids is 1. The first kappa shape index (κ1) is 17.4. The van der Waals surface area contributed by atoms with Gasteiger partial charge in [0.1, 0.15) is 5.54 Å². The Hall–Kier alpha value is -0.610. The Morgan fingerprint density at radius 1 is 1.33 bits per heavy atom. The number of ether oxygens (including phenoxy) is 1. The molecule has 0 aliphatic rings. The van der Waals surface area contributed by atoms with Gasteiger partial charge in [0.05, 0.1) is 7.11 Å². The Labute approximate surface area is 112 Å². The van der Waals surface area contributed by atoms with Crippen LogP contribution in [0.1, 0.15) is 47.5 Å². The van der Waals surface area contributed by atoms with E-state index in [4.69, 9.17) is 10.5 Å². The molecular weight excluding hydrogens is 228 g/mol. The maximum atomic E-state index is 11.4. The van der Waals surface area contributed by atoms with Crippen molar-refractivity contribution in [2.24, 2.45) is 11.1 Å². The van der Waals surface area contributed by atoms with Gasteiger partial charge in [0, 0.05) is 6.04 Å². The summed E-state index contributed by atoms with van der Waals surface area (Å²) in [7, 11) is 3.49. The minimum absolute atomic E-state index is 0.253. The van der Waals surface area contributed by atoms with Gasteiger partial charge >= 0.3 is 5.97 Å². The Morgan fingerprint density at radius 3 is 2.22 bits per heavy atom. The first-order chi connectivity index (χ1) is 8.02. The number of methoxy groups -OCH3 is 1. The molecule has 0 saturated carbocycles. The zero-order valence-electron chi connectivity index (χ0n) is 13.0. The van der Waals surface area contributed by atoms with Crippen molar-refractivity contribution < 1.29 is 9.53 Å². The van der Waals surface area contributed by atoms with E-state index in [2.05, 4.69) is 39.6 Å². The van der Waals surface area contributed by atoms with Gasteiger partial charge in [-0.3, -0.25) is 4.79 Å². The van der Waals surface area contributed by atoms with Crippen molar-refractivity contribution in [3.05, 3.63) is 0 Å². The second kappa shape index (κ2) is 6.53. The molecule has 0 spiro atoms. The Bertz CT molecular complexity index is 269. The summed E-state index contributed by atoms with van der Waals surface area (Å²) in [6, 6.07) is 0.486. The van der Waals surface area contributed by atoms with Crippen LogP contribution in [0.3, 0.4) is 0 Å². The number of hydrogen-bond acceptors (Lipinski definition) is 4. The molecule has 0 aromatic heterocycles. The Kier molecular flexibility index (Phi) is 6.30. The van der Waals surface area contributed by atoms with Crippen molar-refractivity contribution >= 4 is 5.97 Å². The summed E-state index contributed by atoms with van der Waals surface area (Å²) in [6.45, 7) is 11.6. The van der Waals surface area contributed by atoms with Crippen LogP contribution in [0.15, 0.2) is 0 Å². The van der Waals surface area contributed by atoms with E-state index < -0.39 is 5.54 Å². The molecule has 0 aliphatic heterocycles. The molecule has 2 N–H and O–H groups in total. The average Bonchev–Trinajstić information content (AvgIpc) is 2.25. The highest BCUT2D eigenvalue weighted by atomic mass is 16.5. The Morgan fingerprint density at radius 2 is 1.83 bits per heavy atom. The van der Waals surface area contributed by atoms with Crippen LogP contribution in [-0.2, 0) is 9.53 Å². The predicted molar refractivity (Wildman–Crippen MR) is 75.4 cm³/mol. The Balaban J connectivity index is 4.17. The molecule has 2 unspecified atom stereocenters. The fourth-order valence-corrected chi connectivity index (χ4v) is 1.89. The fourth-order valence-electron chi connectivity index (χ4n) is 1.89. The SMILES string of the molecule is COC(=O)C(C)(N)CCCN(C)C(C)C(C)(C)C. The molecule has 108 valence electrons. The van der Waals surface area contributed by atoms with Gasteiger partial charge in [-0.05, 0) is 45.7 Å². The van der Waals surface area contributed by atoms with Crippen molar-refractivity contribution in [2.75, 3.05) is 20.7 Å². The van der Waals surface area contributed by atoms with Crippen molar-refractivity contribution in [1.82, 2.24) is 4.90 Å². The van der Waals surface area contributed by atoms with E-state index in [1.54, 1.807) is 6.92 Å². The van der Waals surface area contributed by atoms with E-state index in [0.29, 0.717) is 12.5 Å². The van der Waals surface area contributed by atoms with Gasteiger partial charge in [0.25, 0.3) is 0 Å². The summed E-state index contributed by atoms with van der Waals surface area (Å²) >= 11 is 0. The molecule has 0 rings (SSSR count). The molecule has 18 heavy (non-hydrogen) atoms. The van der Waals surface area contributed by atoms with E-state index in [1.807, 2.05) is 0 Å². The fraction of sp³-hybridized carbons (Fsp3) is 0.929. The number of esters is 1. The molecule has 0 aromatic carbocycles. The molecule has 0 heterocycles. The van der Waals surface area contributed by atoms with E-state index in [1.165, 1.54) is 7.11 Å². The van der Waals surface area contributed by atoms with Gasteiger partial charge < -0.3 is 15.4 Å². The molecule has 4 heteroatoms. The lowest BCUT2D eigenvalue weighted by Crippen LogP contribution is -2.46. The van der Waals surface area contributed by atoms with Crippen LogP contribution in [0.5, 0.6) is 0 Å². The highest BCUT2D eigenvalue weighted by molar-refractivity contribution is 5.79. The standard InChI is InChI=1S/C14H30N2O2/c1-11(13(2,3)4)16(6)10-8-9-14(5,15)12(17)18-7/h11H,8-10,15H2,1-7H3. The van der Waals surface area contributed by atoms with Gasteiger partial charge in [-0.15, -0.1) is 0 Å². The number of carbonyl (C=O) groups is 1. The minimum atomic E-state index is -0.874. The molecule has 0 aliphatic carbocycles. The van der Waals surface area contributed by atoms with Crippen molar-refractivity contribution in [1.29, 1.82) is 0 Å². The van der Waals surface area contributed by atoms with Crippen LogP contribution in [-0.4, -0.2) is 43.2 Å². The van der Waals surface area contributed by atoms with Gasteiger partial charge in [0.2, 0.25) is 0 Å². The third-order valence-corrected chi connectivity index (χ3v) is 3.77. The molecule has 4 nitrogen and oxygen atoms in total.